The quantitative estimate of drug-likeness (QED) is 0.340. The molecule has 2 N–H and O–H groups in total. The lowest BCUT2D eigenvalue weighted by Gasteiger charge is -2.31. The van der Waals surface area contributed by atoms with Gasteiger partial charge in [-0.2, -0.15) is 0 Å². The fourth-order valence-electron chi connectivity index (χ4n) is 7.23. The molecule has 6 rings (SSSR count). The summed E-state index contributed by atoms with van der Waals surface area (Å²) in [5.41, 5.74) is 1.47. The Morgan fingerprint density at radius 1 is 1.08 bits per heavy atom. The molecule has 0 unspecified atom stereocenters. The van der Waals surface area contributed by atoms with Gasteiger partial charge in [0.05, 0.1) is 58.9 Å². The van der Waals surface area contributed by atoms with E-state index in [1.165, 1.54) is 6.07 Å². The summed E-state index contributed by atoms with van der Waals surface area (Å²) in [6, 6.07) is 9.55. The van der Waals surface area contributed by atoms with Crippen molar-refractivity contribution in [1.82, 2.24) is 14.4 Å². The second-order valence-electron chi connectivity index (χ2n) is 13.1. The van der Waals surface area contributed by atoms with Crippen LogP contribution in [0.2, 0.25) is 5.02 Å². The monoisotopic (exact) mass is 702 g/mol. The SMILES string of the molecule is Cn1cc(C(=O)Nc2cc(F)c(CC(=O)N3C[C@@H](N4CCS(=O)(=O)CC4)C[C@H]3CO[C@H]3CC[C@H](C(=O)O)CC3)cc2Cl)c2ccccc21. The molecule has 2 amide bonds. The number of nitrogens with one attached hydrogen (secondary N) is 1. The smallest absolute Gasteiger partial charge is 0.306 e. The van der Waals surface area contributed by atoms with Crippen LogP contribution in [0.3, 0.4) is 0 Å². The van der Waals surface area contributed by atoms with Crippen LogP contribution in [0.5, 0.6) is 0 Å². The van der Waals surface area contributed by atoms with E-state index in [4.69, 9.17) is 16.3 Å². The molecule has 2 aliphatic heterocycles. The average Bonchev–Trinajstić information content (AvgIpc) is 3.64. The molecule has 14 heteroatoms. The van der Waals surface area contributed by atoms with Crippen molar-refractivity contribution in [2.75, 3.05) is 43.1 Å². The Labute approximate surface area is 283 Å². The summed E-state index contributed by atoms with van der Waals surface area (Å²) in [5.74, 6) is -2.45. The molecule has 3 fully saturated rings. The minimum Gasteiger partial charge on any atom is -0.481 e. The lowest BCUT2D eigenvalue weighted by atomic mass is 9.87. The van der Waals surface area contributed by atoms with Crippen molar-refractivity contribution in [3.63, 3.8) is 0 Å². The number of aromatic nitrogens is 1. The van der Waals surface area contributed by atoms with Gasteiger partial charge in [-0.25, -0.2) is 12.8 Å². The van der Waals surface area contributed by atoms with Gasteiger partial charge in [-0.05, 0) is 55.9 Å². The zero-order valence-corrected chi connectivity index (χ0v) is 28.3. The van der Waals surface area contributed by atoms with Gasteiger partial charge in [0.15, 0.2) is 9.84 Å². The fourth-order valence-corrected chi connectivity index (χ4v) is 8.69. The number of carboxylic acid groups (broad SMARTS) is 1. The first-order valence-corrected chi connectivity index (χ1v) is 18.5. The van der Waals surface area contributed by atoms with E-state index in [0.29, 0.717) is 57.3 Å². The molecule has 1 saturated carbocycles. The number of halogens is 2. The number of ether oxygens (including phenoxy) is 1. The molecule has 11 nitrogen and oxygen atoms in total. The number of hydrogen-bond donors (Lipinski definition) is 2. The minimum atomic E-state index is -3.08. The summed E-state index contributed by atoms with van der Waals surface area (Å²) >= 11 is 6.52. The van der Waals surface area contributed by atoms with Crippen LogP contribution in [0.4, 0.5) is 10.1 Å². The predicted molar refractivity (Wildman–Crippen MR) is 179 cm³/mol. The van der Waals surface area contributed by atoms with Gasteiger partial charge in [-0.3, -0.25) is 19.3 Å². The van der Waals surface area contributed by atoms with E-state index in [1.807, 2.05) is 35.9 Å². The number of para-hydroxylation sites is 1. The van der Waals surface area contributed by atoms with E-state index in [-0.39, 0.29) is 70.8 Å². The highest BCUT2D eigenvalue weighted by molar-refractivity contribution is 7.91. The predicted octanol–water partition coefficient (Wildman–Crippen LogP) is 4.13. The molecule has 48 heavy (non-hydrogen) atoms. The molecule has 0 radical (unpaired) electrons. The van der Waals surface area contributed by atoms with Crippen molar-refractivity contribution in [3.8, 4) is 0 Å². The maximum Gasteiger partial charge on any atom is 0.306 e. The molecule has 258 valence electrons. The Bertz CT molecular complexity index is 1810. The second-order valence-corrected chi connectivity index (χ2v) is 15.9. The highest BCUT2D eigenvalue weighted by Crippen LogP contribution is 2.31. The van der Waals surface area contributed by atoms with Gasteiger partial charge in [0.2, 0.25) is 5.91 Å². The van der Waals surface area contributed by atoms with E-state index < -0.39 is 27.5 Å². The molecule has 3 aromatic rings. The van der Waals surface area contributed by atoms with Gasteiger partial charge in [-0.1, -0.05) is 29.8 Å². The molecular formula is C34H40ClFN4O7S. The summed E-state index contributed by atoms with van der Waals surface area (Å²) in [4.78, 5) is 42.1. The van der Waals surface area contributed by atoms with Crippen molar-refractivity contribution in [3.05, 3.63) is 64.6 Å². The largest absolute Gasteiger partial charge is 0.481 e. The number of carbonyl (C=O) groups excluding carboxylic acids is 2. The number of sulfone groups is 1. The highest BCUT2D eigenvalue weighted by atomic mass is 35.5. The van der Waals surface area contributed by atoms with Gasteiger partial charge in [0, 0.05) is 49.8 Å². The number of aliphatic carboxylic acids is 1. The number of carboxylic acids is 1. The summed E-state index contributed by atoms with van der Waals surface area (Å²) in [6.45, 7) is 1.38. The van der Waals surface area contributed by atoms with E-state index in [1.54, 1.807) is 11.1 Å². The molecule has 1 aromatic heterocycles. The van der Waals surface area contributed by atoms with Gasteiger partial charge in [0.1, 0.15) is 5.82 Å². The fraction of sp³-hybridized carbons (Fsp3) is 0.500. The van der Waals surface area contributed by atoms with Crippen LogP contribution >= 0.6 is 11.6 Å². The number of benzene rings is 2. The average molecular weight is 703 g/mol. The normalized spacial score (nSPS) is 24.5. The molecule has 2 atom stereocenters. The third-order valence-electron chi connectivity index (χ3n) is 10.0. The van der Waals surface area contributed by atoms with Gasteiger partial charge in [-0.15, -0.1) is 0 Å². The van der Waals surface area contributed by atoms with Gasteiger partial charge < -0.3 is 24.6 Å². The molecule has 2 aromatic carbocycles. The standard InChI is InChI=1S/C34H40ClFN4O7S/c1-38-19-27(26-4-2-3-5-31(26)38)33(42)37-30-17-29(36)22(14-28(30)35)15-32(41)40-18-23(39-10-12-48(45,46)13-11-39)16-24(40)20-47-25-8-6-21(7-9-25)34(43)44/h2-5,14,17,19,21,23-25H,6-13,15-16,18,20H2,1H3,(H,37,42)(H,43,44)/t21-,23-,24-,25-/m0/s1. The van der Waals surface area contributed by atoms with Crippen LogP contribution < -0.4 is 5.32 Å². The summed E-state index contributed by atoms with van der Waals surface area (Å²) in [7, 11) is -1.25. The Hall–Kier alpha value is -3.52. The first-order chi connectivity index (χ1) is 22.9. The third-order valence-corrected chi connectivity index (χ3v) is 11.9. The van der Waals surface area contributed by atoms with E-state index in [0.717, 1.165) is 17.0 Å². The Morgan fingerprint density at radius 2 is 1.79 bits per heavy atom. The molecule has 0 bridgehead atoms. The Morgan fingerprint density at radius 3 is 2.50 bits per heavy atom. The van der Waals surface area contributed by atoms with Crippen molar-refractivity contribution >= 4 is 55.8 Å². The summed E-state index contributed by atoms with van der Waals surface area (Å²) in [5, 5.41) is 12.9. The first kappa shape index (κ1) is 34.3. The van der Waals surface area contributed by atoms with Gasteiger partial charge in [0.25, 0.3) is 5.91 Å². The molecule has 3 aliphatic rings. The number of anilines is 1. The lowest BCUT2D eigenvalue weighted by molar-refractivity contribution is -0.144. The maximum atomic E-state index is 15.5. The van der Waals surface area contributed by atoms with E-state index in [9.17, 15) is 27.9 Å². The molecule has 2 saturated heterocycles. The number of fused-ring (bicyclic) bond motifs is 1. The van der Waals surface area contributed by atoms with Crippen LogP contribution in [0.1, 0.15) is 48.0 Å². The number of hydrogen-bond acceptors (Lipinski definition) is 7. The first-order valence-electron chi connectivity index (χ1n) is 16.3. The molecule has 0 spiro atoms. The molecular weight excluding hydrogens is 663 g/mol. The van der Waals surface area contributed by atoms with Crippen molar-refractivity contribution in [1.29, 1.82) is 0 Å². The second kappa shape index (κ2) is 14.1. The number of carbonyl (C=O) groups is 3. The van der Waals surface area contributed by atoms with E-state index in [2.05, 4.69) is 10.2 Å². The Kier molecular flexibility index (Phi) is 10.1. The zero-order valence-electron chi connectivity index (χ0n) is 26.7. The van der Waals surface area contributed by atoms with Crippen molar-refractivity contribution in [2.45, 2.75) is 56.7 Å². The topological polar surface area (TPSA) is 138 Å². The summed E-state index contributed by atoms with van der Waals surface area (Å²) in [6.07, 6.45) is 4.24. The Balaban J connectivity index is 1.14. The number of nitrogens with zero attached hydrogens (tertiary/aromatic N) is 3. The van der Waals surface area contributed by atoms with Crippen LogP contribution in [0.25, 0.3) is 10.9 Å². The number of aryl methyl sites for hydroxylation is 1. The van der Waals surface area contributed by atoms with Crippen molar-refractivity contribution in [2.24, 2.45) is 13.0 Å². The van der Waals surface area contributed by atoms with Crippen LogP contribution in [0.15, 0.2) is 42.6 Å². The van der Waals surface area contributed by atoms with E-state index >= 15 is 4.39 Å². The third kappa shape index (κ3) is 7.54. The number of likely N-dealkylation sites (tertiary alicyclic amines) is 1. The summed E-state index contributed by atoms with van der Waals surface area (Å²) < 4.78 is 47.6. The van der Waals surface area contributed by atoms with Crippen LogP contribution in [-0.2, 0) is 37.6 Å². The highest BCUT2D eigenvalue weighted by Gasteiger charge is 2.40. The number of rotatable bonds is 9. The zero-order chi connectivity index (χ0) is 34.2. The van der Waals surface area contributed by atoms with Crippen molar-refractivity contribution < 1.29 is 37.0 Å². The number of amides is 2. The van der Waals surface area contributed by atoms with Crippen LogP contribution in [0, 0.1) is 11.7 Å². The van der Waals surface area contributed by atoms with Crippen LogP contribution in [-0.4, -0.2) is 102 Å². The molecule has 3 heterocycles. The molecule has 1 aliphatic carbocycles. The maximum absolute atomic E-state index is 15.5. The van der Waals surface area contributed by atoms with Gasteiger partial charge >= 0.3 is 5.97 Å². The lowest BCUT2D eigenvalue weighted by Crippen LogP contribution is -2.47. The minimum absolute atomic E-state index is 0.0680.